The van der Waals surface area contributed by atoms with Crippen LogP contribution < -0.4 is 4.74 Å². The van der Waals surface area contributed by atoms with Gasteiger partial charge in [0, 0.05) is 18.0 Å². The van der Waals surface area contributed by atoms with Crippen LogP contribution >= 0.6 is 0 Å². The first-order valence-electron chi connectivity index (χ1n) is 11.1. The zero-order valence-electron chi connectivity index (χ0n) is 19.4. The van der Waals surface area contributed by atoms with Crippen LogP contribution in [-0.4, -0.2) is 33.8 Å². The molecule has 3 aromatic rings. The predicted octanol–water partition coefficient (Wildman–Crippen LogP) is 5.35. The van der Waals surface area contributed by atoms with Gasteiger partial charge in [-0.1, -0.05) is 44.0 Å². The van der Waals surface area contributed by atoms with Crippen LogP contribution in [0.5, 0.6) is 6.01 Å². The van der Waals surface area contributed by atoms with Gasteiger partial charge in [-0.3, -0.25) is 0 Å². The van der Waals surface area contributed by atoms with Gasteiger partial charge in [0.25, 0.3) is 0 Å². The van der Waals surface area contributed by atoms with Gasteiger partial charge in [-0.05, 0) is 61.7 Å². The van der Waals surface area contributed by atoms with Crippen LogP contribution in [-0.2, 0) is 15.1 Å². The van der Waals surface area contributed by atoms with E-state index < -0.39 is 29.3 Å². The molecule has 0 spiro atoms. The molecular formula is C26H28F2N2O4. The number of hydrogen-bond acceptors (Lipinski definition) is 5. The Morgan fingerprint density at radius 1 is 0.941 bits per heavy atom. The maximum Gasteiger partial charge on any atom is 0.348 e. The van der Waals surface area contributed by atoms with Crippen molar-refractivity contribution in [1.29, 1.82) is 0 Å². The lowest BCUT2D eigenvalue weighted by Gasteiger charge is -2.39. The highest BCUT2D eigenvalue weighted by atomic mass is 19.1. The van der Waals surface area contributed by atoms with E-state index in [2.05, 4.69) is 9.97 Å². The van der Waals surface area contributed by atoms with Crippen molar-refractivity contribution in [2.45, 2.75) is 51.7 Å². The summed E-state index contributed by atoms with van der Waals surface area (Å²) in [7, 11) is 0. The molecule has 0 bridgehead atoms. The summed E-state index contributed by atoms with van der Waals surface area (Å²) in [6.45, 7) is 5.72. The Balaban J connectivity index is 2.22. The van der Waals surface area contributed by atoms with E-state index in [-0.39, 0.29) is 12.6 Å². The third kappa shape index (κ3) is 5.75. The van der Waals surface area contributed by atoms with Crippen LogP contribution in [0.1, 0.15) is 48.7 Å². The number of nitrogens with zero attached hydrogens (tertiary/aromatic N) is 2. The van der Waals surface area contributed by atoms with Crippen LogP contribution in [0.2, 0.25) is 0 Å². The molecule has 8 heteroatoms. The Morgan fingerprint density at radius 2 is 1.44 bits per heavy atom. The lowest BCUT2D eigenvalue weighted by atomic mass is 9.81. The van der Waals surface area contributed by atoms with Crippen molar-refractivity contribution in [2.24, 2.45) is 0 Å². The smallest absolute Gasteiger partial charge is 0.348 e. The molecule has 0 aliphatic rings. The van der Waals surface area contributed by atoms with E-state index in [1.807, 2.05) is 6.92 Å². The summed E-state index contributed by atoms with van der Waals surface area (Å²) in [5, 5.41) is 10.3. The molecule has 180 valence electrons. The molecule has 1 N–H and O–H groups in total. The van der Waals surface area contributed by atoms with E-state index in [0.717, 1.165) is 12.8 Å². The van der Waals surface area contributed by atoms with Gasteiger partial charge in [0.1, 0.15) is 11.6 Å². The number of rotatable bonds is 11. The van der Waals surface area contributed by atoms with Gasteiger partial charge in [-0.2, -0.15) is 0 Å². The average Bonchev–Trinajstić information content (AvgIpc) is 2.79. The molecule has 1 aromatic heterocycles. The van der Waals surface area contributed by atoms with Gasteiger partial charge >= 0.3 is 12.0 Å². The van der Waals surface area contributed by atoms with E-state index in [4.69, 9.17) is 9.47 Å². The molecule has 1 atom stereocenters. The molecular weight excluding hydrogens is 442 g/mol. The number of aliphatic carboxylic acids is 1. The van der Waals surface area contributed by atoms with Gasteiger partial charge in [-0.15, -0.1) is 0 Å². The first-order valence-corrected chi connectivity index (χ1v) is 11.1. The molecule has 0 aliphatic heterocycles. The van der Waals surface area contributed by atoms with Crippen LogP contribution in [0, 0.1) is 25.5 Å². The van der Waals surface area contributed by atoms with Gasteiger partial charge in [0.15, 0.2) is 5.60 Å². The van der Waals surface area contributed by atoms with E-state index in [1.54, 1.807) is 19.9 Å². The summed E-state index contributed by atoms with van der Waals surface area (Å²) in [5.74, 6) is -2.33. The number of carboxylic acid groups (broad SMARTS) is 1. The predicted molar refractivity (Wildman–Crippen MR) is 123 cm³/mol. The summed E-state index contributed by atoms with van der Waals surface area (Å²) in [6.07, 6.45) is 0.791. The lowest BCUT2D eigenvalue weighted by Crippen LogP contribution is -2.51. The number of aromatic nitrogens is 2. The minimum Gasteiger partial charge on any atom is -0.478 e. The Bertz CT molecular complexity index is 1040. The van der Waals surface area contributed by atoms with Crippen LogP contribution in [0.3, 0.4) is 0 Å². The fourth-order valence-corrected chi connectivity index (χ4v) is 3.85. The first kappa shape index (κ1) is 25.2. The van der Waals surface area contributed by atoms with Crippen LogP contribution in [0.4, 0.5) is 8.78 Å². The first-order chi connectivity index (χ1) is 16.3. The minimum atomic E-state index is -1.73. The van der Waals surface area contributed by atoms with Crippen molar-refractivity contribution in [3.05, 3.63) is 88.7 Å². The highest BCUT2D eigenvalue weighted by molar-refractivity contribution is 5.76. The maximum absolute atomic E-state index is 13.8. The molecule has 2 aromatic carbocycles. The van der Waals surface area contributed by atoms with E-state index in [9.17, 15) is 18.7 Å². The van der Waals surface area contributed by atoms with Gasteiger partial charge < -0.3 is 14.6 Å². The molecule has 0 amide bonds. The normalized spacial score (nSPS) is 12.4. The number of aryl methyl sites for hydroxylation is 2. The van der Waals surface area contributed by atoms with Crippen LogP contribution in [0.25, 0.3) is 0 Å². The maximum atomic E-state index is 13.8. The second kappa shape index (κ2) is 11.2. The van der Waals surface area contributed by atoms with Gasteiger partial charge in [0.05, 0.1) is 0 Å². The lowest BCUT2D eigenvalue weighted by molar-refractivity contribution is -0.164. The summed E-state index contributed by atoms with van der Waals surface area (Å²) < 4.78 is 39.9. The molecule has 6 nitrogen and oxygen atoms in total. The molecule has 0 radical (unpaired) electrons. The van der Waals surface area contributed by atoms with Crippen molar-refractivity contribution in [3.8, 4) is 6.01 Å². The second-order valence-electron chi connectivity index (χ2n) is 8.07. The monoisotopic (exact) mass is 470 g/mol. The number of hydrogen-bond donors (Lipinski definition) is 1. The van der Waals surface area contributed by atoms with Crippen molar-refractivity contribution in [3.63, 3.8) is 0 Å². The van der Waals surface area contributed by atoms with Crippen molar-refractivity contribution in [2.75, 3.05) is 6.61 Å². The molecule has 0 unspecified atom stereocenters. The average molecular weight is 471 g/mol. The zero-order valence-corrected chi connectivity index (χ0v) is 19.4. The number of halogens is 2. The highest BCUT2D eigenvalue weighted by Crippen LogP contribution is 2.40. The van der Waals surface area contributed by atoms with Crippen molar-refractivity contribution >= 4 is 5.97 Å². The Morgan fingerprint density at radius 3 is 1.88 bits per heavy atom. The Hall–Kier alpha value is -3.39. The van der Waals surface area contributed by atoms with Gasteiger partial charge in [-0.25, -0.2) is 23.5 Å². The number of carbonyl (C=O) groups is 1. The molecule has 34 heavy (non-hydrogen) atoms. The minimum absolute atomic E-state index is 0.129. The third-order valence-electron chi connectivity index (χ3n) is 5.40. The number of benzene rings is 2. The second-order valence-corrected chi connectivity index (χ2v) is 8.07. The largest absolute Gasteiger partial charge is 0.478 e. The quantitative estimate of drug-likeness (QED) is 0.380. The standard InChI is InChI=1S/C26H28F2N2O4/c1-4-5-6-15-33-26(19-7-11-21(27)12-8-19,20-9-13-22(28)14-10-20)23(24(31)32)34-25-29-17(2)16-18(3)30-25/h7-14,16,23H,4-6,15H2,1-3H3,(H,31,32)/t23-/m0/s1. The molecule has 0 aliphatic carbocycles. The molecule has 0 fully saturated rings. The molecule has 0 saturated heterocycles. The van der Waals surface area contributed by atoms with Crippen LogP contribution in [0.15, 0.2) is 54.6 Å². The summed E-state index contributed by atoms with van der Waals surface area (Å²) in [6, 6.07) is 12.3. The van der Waals surface area contributed by atoms with E-state index >= 15 is 0 Å². The van der Waals surface area contributed by atoms with E-state index in [0.29, 0.717) is 28.9 Å². The van der Waals surface area contributed by atoms with Crippen molar-refractivity contribution < 1.29 is 28.2 Å². The number of ether oxygens (including phenoxy) is 2. The SMILES string of the molecule is CCCCCOC(c1ccc(F)cc1)(c1ccc(F)cc1)[C@@H](Oc1nc(C)cc(C)n1)C(=O)O. The summed E-state index contributed by atoms with van der Waals surface area (Å²) in [5.41, 5.74) is 0.152. The Labute approximate surface area is 197 Å². The Kier molecular flexibility index (Phi) is 8.28. The number of carboxylic acids is 1. The molecule has 1 heterocycles. The van der Waals surface area contributed by atoms with Gasteiger partial charge in [0.2, 0.25) is 6.10 Å². The topological polar surface area (TPSA) is 81.5 Å². The summed E-state index contributed by atoms with van der Waals surface area (Å²) >= 11 is 0. The number of unbranched alkanes of at least 4 members (excludes halogenated alkanes) is 2. The summed E-state index contributed by atoms with van der Waals surface area (Å²) in [4.78, 5) is 21.1. The van der Waals surface area contributed by atoms with E-state index in [1.165, 1.54) is 48.5 Å². The fourth-order valence-electron chi connectivity index (χ4n) is 3.85. The highest BCUT2D eigenvalue weighted by Gasteiger charge is 2.50. The molecule has 0 saturated carbocycles. The van der Waals surface area contributed by atoms with Crippen molar-refractivity contribution in [1.82, 2.24) is 9.97 Å². The fraction of sp³-hybridized carbons (Fsp3) is 0.346. The third-order valence-corrected chi connectivity index (χ3v) is 5.40. The molecule has 3 rings (SSSR count). The zero-order chi connectivity index (χ0) is 24.7.